The van der Waals surface area contributed by atoms with E-state index in [9.17, 15) is 14.7 Å². The van der Waals surface area contributed by atoms with E-state index in [0.29, 0.717) is 25.7 Å². The summed E-state index contributed by atoms with van der Waals surface area (Å²) in [6.07, 6.45) is 2.42. The summed E-state index contributed by atoms with van der Waals surface area (Å²) in [5, 5.41) is 26.5. The average molecular weight is 232 g/mol. The highest BCUT2D eigenvalue weighted by molar-refractivity contribution is 5.77. The molecule has 0 aromatic carbocycles. The predicted molar refractivity (Wildman–Crippen MR) is 58.1 cm³/mol. The summed E-state index contributed by atoms with van der Waals surface area (Å²) in [6, 6.07) is 0. The monoisotopic (exact) mass is 232 g/mol. The predicted octanol–water partition coefficient (Wildman–Crippen LogP) is 1.49. The lowest BCUT2D eigenvalue weighted by atomic mass is 9.97. The van der Waals surface area contributed by atoms with E-state index >= 15 is 0 Å². The van der Waals surface area contributed by atoms with Crippen molar-refractivity contribution in [3.63, 3.8) is 0 Å². The molecular formula is C11H20O5. The second-order valence-electron chi connectivity index (χ2n) is 3.98. The molecule has 0 aliphatic carbocycles. The third-order valence-corrected chi connectivity index (χ3v) is 2.58. The summed E-state index contributed by atoms with van der Waals surface area (Å²) in [5.41, 5.74) is 0. The van der Waals surface area contributed by atoms with E-state index in [2.05, 4.69) is 0 Å². The zero-order valence-electron chi connectivity index (χ0n) is 9.56. The number of carbonyl (C=O) groups is 2. The van der Waals surface area contributed by atoms with E-state index in [4.69, 9.17) is 10.2 Å². The molecule has 5 nitrogen and oxygen atoms in total. The number of aliphatic hydroxyl groups excluding tert-OH is 1. The first-order valence-corrected chi connectivity index (χ1v) is 5.60. The van der Waals surface area contributed by atoms with Gasteiger partial charge in [0.15, 0.2) is 0 Å². The molecule has 3 N–H and O–H groups in total. The molecule has 0 aliphatic rings. The van der Waals surface area contributed by atoms with Gasteiger partial charge >= 0.3 is 11.9 Å². The average Bonchev–Trinajstić information content (AvgIpc) is 2.21. The van der Waals surface area contributed by atoms with Crippen LogP contribution in [0.4, 0.5) is 0 Å². The first-order valence-electron chi connectivity index (χ1n) is 5.60. The van der Waals surface area contributed by atoms with Gasteiger partial charge in [0.2, 0.25) is 0 Å². The quantitative estimate of drug-likeness (QED) is 0.523. The van der Waals surface area contributed by atoms with Crippen LogP contribution in [0.2, 0.25) is 0 Å². The van der Waals surface area contributed by atoms with Crippen LogP contribution in [0.15, 0.2) is 0 Å². The molecule has 0 aromatic heterocycles. The van der Waals surface area contributed by atoms with Crippen LogP contribution in [0.25, 0.3) is 0 Å². The number of carboxylic acid groups (broad SMARTS) is 2. The second kappa shape index (κ2) is 8.10. The maximum absolute atomic E-state index is 10.7. The smallest absolute Gasteiger partial charge is 0.307 e. The second-order valence-corrected chi connectivity index (χ2v) is 3.98. The van der Waals surface area contributed by atoms with Crippen molar-refractivity contribution >= 4 is 11.9 Å². The lowest BCUT2D eigenvalue weighted by molar-refractivity contribution is -0.148. The Labute approximate surface area is 95.1 Å². The zero-order chi connectivity index (χ0) is 12.6. The molecule has 94 valence electrons. The molecular weight excluding hydrogens is 212 g/mol. The Kier molecular flexibility index (Phi) is 7.54. The molecule has 0 aromatic rings. The minimum atomic E-state index is -1.08. The molecule has 2 unspecified atom stereocenters. The van der Waals surface area contributed by atoms with Crippen LogP contribution in [0.3, 0.4) is 0 Å². The number of aliphatic hydroxyl groups is 1. The van der Waals surface area contributed by atoms with Gasteiger partial charge in [0.25, 0.3) is 0 Å². The van der Waals surface area contributed by atoms with Crippen LogP contribution in [-0.4, -0.2) is 33.4 Å². The highest BCUT2D eigenvalue weighted by atomic mass is 16.4. The van der Waals surface area contributed by atoms with Crippen molar-refractivity contribution in [2.75, 3.05) is 0 Å². The number of unbranched alkanes of at least 4 members (excludes halogenated alkanes) is 1. The zero-order valence-corrected chi connectivity index (χ0v) is 9.56. The largest absolute Gasteiger partial charge is 0.481 e. The van der Waals surface area contributed by atoms with Gasteiger partial charge in [-0.05, 0) is 19.3 Å². The normalized spacial score (nSPS) is 14.4. The van der Waals surface area contributed by atoms with Crippen LogP contribution < -0.4 is 0 Å². The molecule has 0 heterocycles. The Balaban J connectivity index is 3.77. The minimum absolute atomic E-state index is 0.328. The summed E-state index contributed by atoms with van der Waals surface area (Å²) in [6.45, 7) is 1.88. The maximum atomic E-state index is 10.7. The fourth-order valence-corrected chi connectivity index (χ4v) is 1.50. The van der Waals surface area contributed by atoms with Crippen molar-refractivity contribution < 1.29 is 24.9 Å². The van der Waals surface area contributed by atoms with Gasteiger partial charge in [-0.3, -0.25) is 9.59 Å². The summed E-state index contributed by atoms with van der Waals surface area (Å²) in [7, 11) is 0. The van der Waals surface area contributed by atoms with Crippen LogP contribution >= 0.6 is 0 Å². The summed E-state index contributed by atoms with van der Waals surface area (Å²) >= 11 is 0. The standard InChI is InChI=1S/C11H20O5/c1-2-9(12)6-4-3-5-8(11(15)16)7-10(13)14/h8-9,12H,2-7H2,1H3,(H,13,14)(H,15,16). The first kappa shape index (κ1) is 14.9. The van der Waals surface area contributed by atoms with E-state index in [1.807, 2.05) is 6.92 Å². The van der Waals surface area contributed by atoms with E-state index in [0.717, 1.165) is 6.42 Å². The highest BCUT2D eigenvalue weighted by Crippen LogP contribution is 2.15. The van der Waals surface area contributed by atoms with Gasteiger partial charge in [0.1, 0.15) is 0 Å². The van der Waals surface area contributed by atoms with E-state index in [1.54, 1.807) is 0 Å². The number of hydrogen-bond donors (Lipinski definition) is 3. The van der Waals surface area contributed by atoms with Crippen molar-refractivity contribution in [3.8, 4) is 0 Å². The molecule has 5 heteroatoms. The Hall–Kier alpha value is -1.10. The number of carboxylic acids is 2. The van der Waals surface area contributed by atoms with Crippen LogP contribution in [0.1, 0.15) is 45.4 Å². The molecule has 0 saturated heterocycles. The Morgan fingerprint density at radius 2 is 1.69 bits per heavy atom. The summed E-state index contributed by atoms with van der Waals surface area (Å²) in [4.78, 5) is 21.1. The van der Waals surface area contributed by atoms with Crippen molar-refractivity contribution in [2.24, 2.45) is 5.92 Å². The number of rotatable bonds is 9. The Morgan fingerprint density at radius 1 is 1.12 bits per heavy atom. The van der Waals surface area contributed by atoms with E-state index in [-0.39, 0.29) is 12.5 Å². The number of aliphatic carboxylic acids is 2. The number of hydrogen-bond acceptors (Lipinski definition) is 3. The summed E-state index contributed by atoms with van der Waals surface area (Å²) < 4.78 is 0. The molecule has 0 saturated carbocycles. The third-order valence-electron chi connectivity index (χ3n) is 2.58. The topological polar surface area (TPSA) is 94.8 Å². The lowest BCUT2D eigenvalue weighted by Crippen LogP contribution is -2.17. The lowest BCUT2D eigenvalue weighted by Gasteiger charge is -2.10. The molecule has 0 aliphatic heterocycles. The van der Waals surface area contributed by atoms with Crippen LogP contribution in [0, 0.1) is 5.92 Å². The van der Waals surface area contributed by atoms with Gasteiger partial charge in [-0.25, -0.2) is 0 Å². The molecule has 2 atom stereocenters. The Bertz CT molecular complexity index is 226. The molecule has 0 radical (unpaired) electrons. The third kappa shape index (κ3) is 7.23. The molecule has 0 rings (SSSR count). The maximum Gasteiger partial charge on any atom is 0.307 e. The van der Waals surface area contributed by atoms with Gasteiger partial charge in [0.05, 0.1) is 18.4 Å². The molecule has 0 bridgehead atoms. The van der Waals surface area contributed by atoms with Crippen molar-refractivity contribution in [1.29, 1.82) is 0 Å². The first-order chi connectivity index (χ1) is 7.47. The van der Waals surface area contributed by atoms with Crippen molar-refractivity contribution in [3.05, 3.63) is 0 Å². The van der Waals surface area contributed by atoms with Crippen LogP contribution in [-0.2, 0) is 9.59 Å². The fraction of sp³-hybridized carbons (Fsp3) is 0.818. The SMILES string of the molecule is CCC(O)CCCCC(CC(=O)O)C(=O)O. The van der Waals surface area contributed by atoms with Crippen LogP contribution in [0.5, 0.6) is 0 Å². The van der Waals surface area contributed by atoms with Gasteiger partial charge in [-0.2, -0.15) is 0 Å². The van der Waals surface area contributed by atoms with Gasteiger partial charge in [-0.15, -0.1) is 0 Å². The molecule has 16 heavy (non-hydrogen) atoms. The van der Waals surface area contributed by atoms with Gasteiger partial charge < -0.3 is 15.3 Å². The van der Waals surface area contributed by atoms with E-state index in [1.165, 1.54) is 0 Å². The molecule has 0 fully saturated rings. The fourth-order valence-electron chi connectivity index (χ4n) is 1.50. The van der Waals surface area contributed by atoms with Crippen molar-refractivity contribution in [2.45, 2.75) is 51.6 Å². The molecule has 0 spiro atoms. The summed E-state index contributed by atoms with van der Waals surface area (Å²) in [5.74, 6) is -2.95. The van der Waals surface area contributed by atoms with Crippen molar-refractivity contribution in [1.82, 2.24) is 0 Å². The Morgan fingerprint density at radius 3 is 2.12 bits per heavy atom. The van der Waals surface area contributed by atoms with Gasteiger partial charge in [-0.1, -0.05) is 19.8 Å². The van der Waals surface area contributed by atoms with E-state index < -0.39 is 17.9 Å². The van der Waals surface area contributed by atoms with Gasteiger partial charge in [0, 0.05) is 0 Å². The minimum Gasteiger partial charge on any atom is -0.481 e. The highest BCUT2D eigenvalue weighted by Gasteiger charge is 2.20. The molecule has 0 amide bonds.